The zero-order valence-electron chi connectivity index (χ0n) is 13.0. The zero-order valence-corrected chi connectivity index (χ0v) is 13.0. The average Bonchev–Trinajstić information content (AvgIpc) is 2.48. The zero-order chi connectivity index (χ0) is 15.4. The van der Waals surface area contributed by atoms with Crippen LogP contribution in [0.1, 0.15) is 32.6 Å². The van der Waals surface area contributed by atoms with Crippen LogP contribution in [0.2, 0.25) is 0 Å². The van der Waals surface area contributed by atoms with Gasteiger partial charge in [-0.15, -0.1) is 0 Å². The van der Waals surface area contributed by atoms with Crippen molar-refractivity contribution in [3.63, 3.8) is 0 Å². The van der Waals surface area contributed by atoms with Crippen molar-refractivity contribution in [1.82, 2.24) is 5.32 Å². The van der Waals surface area contributed by atoms with Gasteiger partial charge in [-0.05, 0) is 49.1 Å². The van der Waals surface area contributed by atoms with E-state index in [0.29, 0.717) is 11.3 Å². The van der Waals surface area contributed by atoms with Crippen LogP contribution >= 0.6 is 0 Å². The van der Waals surface area contributed by atoms with Gasteiger partial charge in [0.25, 0.3) is 5.91 Å². The van der Waals surface area contributed by atoms with E-state index in [1.165, 1.54) is 11.1 Å². The van der Waals surface area contributed by atoms with Crippen molar-refractivity contribution < 1.29 is 9.53 Å². The monoisotopic (exact) mass is 283 g/mol. The van der Waals surface area contributed by atoms with Crippen molar-refractivity contribution in [3.05, 3.63) is 64.2 Å². The average molecular weight is 283 g/mol. The first-order chi connectivity index (χ1) is 10.0. The summed E-state index contributed by atoms with van der Waals surface area (Å²) in [6.07, 6.45) is 0.786. The fraction of sp³-hybridized carbons (Fsp3) is 0.278. The van der Waals surface area contributed by atoms with Crippen LogP contribution in [-0.2, 0) is 6.42 Å². The molecule has 0 aromatic heterocycles. The second kappa shape index (κ2) is 6.44. The highest BCUT2D eigenvalue weighted by atomic mass is 16.5. The summed E-state index contributed by atoms with van der Waals surface area (Å²) in [5.74, 6) is 0.624. The summed E-state index contributed by atoms with van der Waals surface area (Å²) in [6, 6.07) is 12.2. The van der Waals surface area contributed by atoms with Gasteiger partial charge in [-0.3, -0.25) is 4.79 Å². The van der Waals surface area contributed by atoms with Crippen molar-refractivity contribution in [2.45, 2.75) is 20.3 Å². The number of aryl methyl sites for hydroxylation is 1. The number of carbonyl (C=O) groups is 1. The molecule has 21 heavy (non-hydrogen) atoms. The number of ether oxygens (including phenoxy) is 1. The molecule has 0 atom stereocenters. The molecule has 3 heteroatoms. The van der Waals surface area contributed by atoms with E-state index in [9.17, 15) is 4.79 Å². The summed E-state index contributed by atoms with van der Waals surface area (Å²) in [4.78, 5) is 12.0. The lowest BCUT2D eigenvalue weighted by atomic mass is 9.95. The number of hydrogen-bond acceptors (Lipinski definition) is 2. The fourth-order valence-corrected chi connectivity index (χ4v) is 2.46. The van der Waals surface area contributed by atoms with Crippen LogP contribution in [0.15, 0.2) is 36.4 Å². The third-order valence-corrected chi connectivity index (χ3v) is 3.67. The largest absolute Gasteiger partial charge is 0.497 e. The predicted molar refractivity (Wildman–Crippen MR) is 85.1 cm³/mol. The number of nitrogens with one attached hydrogen (secondary N) is 1. The minimum atomic E-state index is -0.0862. The number of methoxy groups -OCH3 is 1. The number of benzene rings is 2. The van der Waals surface area contributed by atoms with Crippen molar-refractivity contribution in [1.29, 1.82) is 0 Å². The maximum atomic E-state index is 12.0. The molecule has 1 N–H and O–H groups in total. The lowest BCUT2D eigenvalue weighted by Crippen LogP contribution is -2.19. The van der Waals surface area contributed by atoms with Gasteiger partial charge in [-0.2, -0.15) is 0 Å². The van der Waals surface area contributed by atoms with Crippen LogP contribution in [0.5, 0.6) is 5.75 Å². The van der Waals surface area contributed by atoms with Crippen LogP contribution in [0.3, 0.4) is 0 Å². The summed E-state index contributed by atoms with van der Waals surface area (Å²) in [6.45, 7) is 4.06. The molecule has 0 radical (unpaired) electrons. The predicted octanol–water partition coefficient (Wildman–Crippen LogP) is 3.26. The van der Waals surface area contributed by atoms with E-state index >= 15 is 0 Å². The Bertz CT molecular complexity index is 662. The summed E-state index contributed by atoms with van der Waals surface area (Å²) in [5, 5.41) is 2.68. The fourth-order valence-electron chi connectivity index (χ4n) is 2.46. The maximum absolute atomic E-state index is 12.0. The highest BCUT2D eigenvalue weighted by Gasteiger charge is 2.13. The topological polar surface area (TPSA) is 38.3 Å². The van der Waals surface area contributed by atoms with Gasteiger partial charge in [0.1, 0.15) is 5.75 Å². The molecule has 0 saturated carbocycles. The van der Waals surface area contributed by atoms with Gasteiger partial charge in [0, 0.05) is 12.6 Å². The van der Waals surface area contributed by atoms with E-state index in [1.807, 2.05) is 13.0 Å². The Morgan fingerprint density at radius 2 is 1.95 bits per heavy atom. The van der Waals surface area contributed by atoms with Crippen molar-refractivity contribution >= 4 is 5.91 Å². The smallest absolute Gasteiger partial charge is 0.251 e. The van der Waals surface area contributed by atoms with E-state index in [-0.39, 0.29) is 5.91 Å². The molecule has 3 nitrogen and oxygen atoms in total. The highest BCUT2D eigenvalue weighted by molar-refractivity contribution is 5.96. The highest BCUT2D eigenvalue weighted by Crippen LogP contribution is 2.24. The Morgan fingerprint density at radius 3 is 2.57 bits per heavy atom. The molecule has 0 heterocycles. The molecule has 0 aliphatic rings. The van der Waals surface area contributed by atoms with Gasteiger partial charge >= 0.3 is 0 Å². The number of rotatable bonds is 4. The second-order valence-corrected chi connectivity index (χ2v) is 5.20. The number of amides is 1. The van der Waals surface area contributed by atoms with Gasteiger partial charge in [0.2, 0.25) is 0 Å². The summed E-state index contributed by atoms with van der Waals surface area (Å²) in [7, 11) is 3.26. The molecule has 110 valence electrons. The Kier molecular flexibility index (Phi) is 4.63. The Hall–Kier alpha value is -2.29. The molecule has 0 aliphatic heterocycles. The van der Waals surface area contributed by atoms with E-state index in [1.54, 1.807) is 20.2 Å². The molecule has 0 fully saturated rings. The first-order valence-corrected chi connectivity index (χ1v) is 7.00. The lowest BCUT2D eigenvalue weighted by Gasteiger charge is -2.13. The summed E-state index contributed by atoms with van der Waals surface area (Å²) in [5.41, 5.74) is 5.24. The summed E-state index contributed by atoms with van der Waals surface area (Å²) >= 11 is 0. The first-order valence-electron chi connectivity index (χ1n) is 7.00. The molecule has 2 aromatic rings. The first kappa shape index (κ1) is 15.1. The molecule has 0 unspecified atom stereocenters. The van der Waals surface area contributed by atoms with Gasteiger partial charge in [-0.25, -0.2) is 0 Å². The lowest BCUT2D eigenvalue weighted by molar-refractivity contribution is 0.0962. The van der Waals surface area contributed by atoms with Crippen molar-refractivity contribution in [2.75, 3.05) is 14.2 Å². The number of hydrogen-bond donors (Lipinski definition) is 1. The van der Waals surface area contributed by atoms with Crippen molar-refractivity contribution in [2.24, 2.45) is 0 Å². The van der Waals surface area contributed by atoms with E-state index < -0.39 is 0 Å². The van der Waals surface area contributed by atoms with E-state index in [0.717, 1.165) is 17.5 Å². The third kappa shape index (κ3) is 3.43. The molecular formula is C18H21NO2. The maximum Gasteiger partial charge on any atom is 0.251 e. The SMILES string of the molecule is CNC(=O)c1cc(OC)cc(Cc2cccc(C)c2)c1C. The van der Waals surface area contributed by atoms with Crippen LogP contribution in [0.25, 0.3) is 0 Å². The standard InChI is InChI=1S/C18H21NO2/c1-12-6-5-7-14(8-12)9-15-10-16(21-4)11-17(13(15)2)18(20)19-3/h5-8,10-11H,9H2,1-4H3,(H,19,20). The molecule has 2 aromatic carbocycles. The molecule has 0 aliphatic carbocycles. The Labute approximate surface area is 126 Å². The van der Waals surface area contributed by atoms with E-state index in [4.69, 9.17) is 4.74 Å². The Morgan fingerprint density at radius 1 is 1.19 bits per heavy atom. The van der Waals surface area contributed by atoms with Gasteiger partial charge in [-0.1, -0.05) is 29.8 Å². The Balaban J connectivity index is 2.45. The molecule has 0 saturated heterocycles. The molecular weight excluding hydrogens is 262 g/mol. The van der Waals surface area contributed by atoms with Crippen molar-refractivity contribution in [3.8, 4) is 5.75 Å². The van der Waals surface area contributed by atoms with E-state index in [2.05, 4.69) is 36.5 Å². The minimum absolute atomic E-state index is 0.0862. The molecule has 2 rings (SSSR count). The van der Waals surface area contributed by atoms with Crippen LogP contribution < -0.4 is 10.1 Å². The quantitative estimate of drug-likeness (QED) is 0.935. The van der Waals surface area contributed by atoms with Gasteiger partial charge in [0.15, 0.2) is 0 Å². The van der Waals surface area contributed by atoms with Crippen LogP contribution in [0.4, 0.5) is 0 Å². The molecule has 0 spiro atoms. The second-order valence-electron chi connectivity index (χ2n) is 5.20. The van der Waals surface area contributed by atoms with Crippen LogP contribution in [0, 0.1) is 13.8 Å². The number of carbonyl (C=O) groups excluding carboxylic acids is 1. The van der Waals surface area contributed by atoms with Gasteiger partial charge < -0.3 is 10.1 Å². The third-order valence-electron chi connectivity index (χ3n) is 3.67. The van der Waals surface area contributed by atoms with Gasteiger partial charge in [0.05, 0.1) is 7.11 Å². The van der Waals surface area contributed by atoms with Crippen LogP contribution in [-0.4, -0.2) is 20.1 Å². The summed E-state index contributed by atoms with van der Waals surface area (Å²) < 4.78 is 5.33. The minimum Gasteiger partial charge on any atom is -0.497 e. The molecule has 0 bridgehead atoms. The normalized spacial score (nSPS) is 10.3. The molecule has 1 amide bonds.